The fraction of sp³-hybridized carbons (Fsp3) is 0.100. The van der Waals surface area contributed by atoms with Crippen LogP contribution in [0, 0.1) is 6.92 Å². The maximum atomic E-state index is 5.21. The van der Waals surface area contributed by atoms with Crippen LogP contribution in [0.15, 0.2) is 24.4 Å². The molecule has 0 spiro atoms. The molecule has 0 atom stereocenters. The summed E-state index contributed by atoms with van der Waals surface area (Å²) in [7, 11) is 1.67. The number of aromatic amines is 1. The van der Waals surface area contributed by atoms with Gasteiger partial charge in [-0.25, -0.2) is 0 Å². The summed E-state index contributed by atoms with van der Waals surface area (Å²) in [5, 5.41) is 1.07. The van der Waals surface area contributed by atoms with Gasteiger partial charge in [0.25, 0.3) is 0 Å². The molecule has 0 unspecified atom stereocenters. The van der Waals surface area contributed by atoms with E-state index in [2.05, 4.69) is 11.9 Å². The van der Waals surface area contributed by atoms with Crippen molar-refractivity contribution in [2.24, 2.45) is 0 Å². The van der Waals surface area contributed by atoms with Crippen molar-refractivity contribution in [2.75, 3.05) is 7.11 Å². The Morgan fingerprint density at radius 1 is 1.42 bits per heavy atom. The highest BCUT2D eigenvalue weighted by atomic mass is 16.5. The number of ether oxygens (including phenoxy) is 1. The molecule has 12 heavy (non-hydrogen) atoms. The molecule has 0 saturated carbocycles. The summed E-state index contributed by atoms with van der Waals surface area (Å²) >= 11 is 0. The Bertz CT molecular complexity index is 403. The predicted molar refractivity (Wildman–Crippen MR) is 49.3 cm³/mol. The van der Waals surface area contributed by atoms with Gasteiger partial charge in [-0.05, 0) is 24.6 Å². The van der Waals surface area contributed by atoms with Crippen LogP contribution in [0.5, 0.6) is 5.75 Å². The molecule has 0 bridgehead atoms. The molecule has 0 saturated heterocycles. The lowest BCUT2D eigenvalue weighted by molar-refractivity contribution is 0.420. The summed E-state index contributed by atoms with van der Waals surface area (Å²) in [6.07, 6.45) is 1.88. The molecule has 1 radical (unpaired) electrons. The number of hydrogen-bond acceptors (Lipinski definition) is 1. The van der Waals surface area contributed by atoms with E-state index in [0.717, 1.165) is 22.2 Å². The summed E-state index contributed by atoms with van der Waals surface area (Å²) in [6, 6.07) is 5.90. The van der Waals surface area contributed by atoms with Crippen molar-refractivity contribution >= 4 is 10.9 Å². The SMILES string of the molecule is [CH2]c1c[nH]c2cccc(OC)c12. The number of methoxy groups -OCH3 is 1. The van der Waals surface area contributed by atoms with Gasteiger partial charge in [-0.15, -0.1) is 0 Å². The van der Waals surface area contributed by atoms with Gasteiger partial charge in [-0.1, -0.05) is 6.07 Å². The molecule has 1 N–H and O–H groups in total. The van der Waals surface area contributed by atoms with Crippen molar-refractivity contribution in [2.45, 2.75) is 0 Å². The zero-order valence-corrected chi connectivity index (χ0v) is 6.92. The zero-order chi connectivity index (χ0) is 8.55. The number of H-pyrrole nitrogens is 1. The van der Waals surface area contributed by atoms with Crippen LogP contribution in [-0.4, -0.2) is 12.1 Å². The molecule has 61 valence electrons. The third kappa shape index (κ3) is 0.881. The zero-order valence-electron chi connectivity index (χ0n) is 6.92. The van der Waals surface area contributed by atoms with Crippen molar-refractivity contribution < 1.29 is 4.74 Å². The minimum Gasteiger partial charge on any atom is -0.496 e. The molecule has 1 heterocycles. The second-order valence-electron chi connectivity index (χ2n) is 2.70. The normalized spacial score (nSPS) is 10.5. The van der Waals surface area contributed by atoms with Crippen LogP contribution in [0.3, 0.4) is 0 Å². The number of aromatic nitrogens is 1. The van der Waals surface area contributed by atoms with Gasteiger partial charge in [0.1, 0.15) is 5.75 Å². The highest BCUT2D eigenvalue weighted by Crippen LogP contribution is 2.27. The molecule has 2 rings (SSSR count). The average Bonchev–Trinajstić information content (AvgIpc) is 2.48. The third-order valence-electron chi connectivity index (χ3n) is 1.97. The summed E-state index contributed by atoms with van der Waals surface area (Å²) < 4.78 is 5.21. The van der Waals surface area contributed by atoms with Crippen LogP contribution >= 0.6 is 0 Å². The van der Waals surface area contributed by atoms with E-state index in [9.17, 15) is 0 Å². The molecule has 1 aromatic carbocycles. The lowest BCUT2D eigenvalue weighted by Crippen LogP contribution is -1.83. The summed E-state index contributed by atoms with van der Waals surface area (Å²) in [4.78, 5) is 3.12. The van der Waals surface area contributed by atoms with Crippen molar-refractivity contribution in [3.05, 3.63) is 36.9 Å². The second kappa shape index (κ2) is 2.55. The number of benzene rings is 1. The summed E-state index contributed by atoms with van der Waals surface area (Å²) in [6.45, 7) is 3.91. The van der Waals surface area contributed by atoms with Crippen LogP contribution in [0.2, 0.25) is 0 Å². The Kier molecular flexibility index (Phi) is 1.54. The smallest absolute Gasteiger partial charge is 0.128 e. The number of hydrogen-bond donors (Lipinski definition) is 1. The Morgan fingerprint density at radius 3 is 3.00 bits per heavy atom. The first kappa shape index (κ1) is 7.22. The molecule has 0 aliphatic carbocycles. The Morgan fingerprint density at radius 2 is 2.25 bits per heavy atom. The van der Waals surface area contributed by atoms with Crippen LogP contribution in [0.1, 0.15) is 5.56 Å². The number of nitrogens with one attached hydrogen (secondary N) is 1. The Hall–Kier alpha value is -1.44. The van der Waals surface area contributed by atoms with Gasteiger partial charge >= 0.3 is 0 Å². The molecule has 0 fully saturated rings. The molecule has 0 amide bonds. The minimum atomic E-state index is 0.874. The second-order valence-corrected chi connectivity index (χ2v) is 2.70. The van der Waals surface area contributed by atoms with Crippen molar-refractivity contribution in [1.82, 2.24) is 4.98 Å². The average molecular weight is 160 g/mol. The first-order chi connectivity index (χ1) is 5.83. The predicted octanol–water partition coefficient (Wildman–Crippen LogP) is 2.36. The fourth-order valence-electron chi connectivity index (χ4n) is 1.39. The maximum absolute atomic E-state index is 5.21. The van der Waals surface area contributed by atoms with Gasteiger partial charge in [-0.3, -0.25) is 0 Å². The van der Waals surface area contributed by atoms with E-state index < -0.39 is 0 Å². The Labute approximate surface area is 71.2 Å². The van der Waals surface area contributed by atoms with E-state index in [1.165, 1.54) is 0 Å². The molecular weight excluding hydrogens is 150 g/mol. The van der Waals surface area contributed by atoms with Gasteiger partial charge in [0.2, 0.25) is 0 Å². The van der Waals surface area contributed by atoms with E-state index in [-0.39, 0.29) is 0 Å². The van der Waals surface area contributed by atoms with Gasteiger partial charge in [0.15, 0.2) is 0 Å². The van der Waals surface area contributed by atoms with E-state index >= 15 is 0 Å². The van der Waals surface area contributed by atoms with E-state index in [4.69, 9.17) is 4.74 Å². The molecule has 0 aliphatic rings. The third-order valence-corrected chi connectivity index (χ3v) is 1.97. The van der Waals surface area contributed by atoms with Crippen LogP contribution in [0.4, 0.5) is 0 Å². The first-order valence-corrected chi connectivity index (χ1v) is 3.79. The van der Waals surface area contributed by atoms with Crippen LogP contribution in [-0.2, 0) is 0 Å². The van der Waals surface area contributed by atoms with Crippen LogP contribution in [0.25, 0.3) is 10.9 Å². The molecular formula is C10H10NO. The van der Waals surface area contributed by atoms with Gasteiger partial charge in [0, 0.05) is 17.1 Å². The molecule has 0 aliphatic heterocycles. The van der Waals surface area contributed by atoms with Gasteiger partial charge in [0.05, 0.1) is 7.11 Å². The minimum absolute atomic E-state index is 0.874. The van der Waals surface area contributed by atoms with Gasteiger partial charge in [-0.2, -0.15) is 0 Å². The van der Waals surface area contributed by atoms with E-state index in [0.29, 0.717) is 0 Å². The quantitative estimate of drug-likeness (QED) is 0.680. The lowest BCUT2D eigenvalue weighted by atomic mass is 10.2. The summed E-state index contributed by atoms with van der Waals surface area (Å²) in [5.41, 5.74) is 2.04. The van der Waals surface area contributed by atoms with Crippen LogP contribution < -0.4 is 4.74 Å². The Balaban J connectivity index is 2.84. The van der Waals surface area contributed by atoms with Crippen molar-refractivity contribution in [1.29, 1.82) is 0 Å². The molecule has 1 aromatic heterocycles. The lowest BCUT2D eigenvalue weighted by Gasteiger charge is -2.01. The molecule has 2 aromatic rings. The highest BCUT2D eigenvalue weighted by Gasteiger charge is 2.04. The number of fused-ring (bicyclic) bond motifs is 1. The summed E-state index contributed by atoms with van der Waals surface area (Å²) in [5.74, 6) is 0.874. The van der Waals surface area contributed by atoms with E-state index in [1.54, 1.807) is 7.11 Å². The maximum Gasteiger partial charge on any atom is 0.128 e. The topological polar surface area (TPSA) is 25.0 Å². The van der Waals surface area contributed by atoms with Crippen molar-refractivity contribution in [3.8, 4) is 5.75 Å². The van der Waals surface area contributed by atoms with Crippen molar-refractivity contribution in [3.63, 3.8) is 0 Å². The standard InChI is InChI=1S/C10H10NO/c1-7-6-11-8-4-3-5-9(12-2)10(7)8/h3-6,11H,1H2,2H3. The first-order valence-electron chi connectivity index (χ1n) is 3.79. The molecule has 2 heteroatoms. The highest BCUT2D eigenvalue weighted by molar-refractivity contribution is 5.89. The van der Waals surface area contributed by atoms with E-state index in [1.807, 2.05) is 24.4 Å². The fourth-order valence-corrected chi connectivity index (χ4v) is 1.39. The largest absolute Gasteiger partial charge is 0.496 e. The van der Waals surface area contributed by atoms with Gasteiger partial charge < -0.3 is 9.72 Å². The monoisotopic (exact) mass is 160 g/mol. The molecule has 2 nitrogen and oxygen atoms in total. The number of rotatable bonds is 1.